The highest BCUT2D eigenvalue weighted by Crippen LogP contribution is 2.04. The Morgan fingerprint density at radius 1 is 1.43 bits per heavy atom. The Kier molecular flexibility index (Phi) is 1.57. The average molecular weight is 191 g/mol. The Morgan fingerprint density at radius 3 is 2.93 bits per heavy atom. The molecule has 2 N–H and O–H groups in total. The molecule has 14 heavy (non-hydrogen) atoms. The number of aromatic nitrogens is 2. The maximum Gasteiger partial charge on any atom is 0.488 e. The minimum Gasteiger partial charge on any atom is -0.423 e. The first-order valence-electron chi connectivity index (χ1n) is 5.49. The van der Waals surface area contributed by atoms with Crippen molar-refractivity contribution in [2.45, 2.75) is 0 Å². The van der Waals surface area contributed by atoms with Crippen LogP contribution in [0.2, 0.25) is 0 Å². The number of hydrogen-bond donors (Lipinski definition) is 2. The second-order valence-electron chi connectivity index (χ2n) is 2.74. The number of rotatable bonds is 2. The SMILES string of the molecule is [2H]c1nc([2H])n(-c2cccc(B(O)O)c2)c1[2H]. The summed E-state index contributed by atoms with van der Waals surface area (Å²) in [5, 5.41) is 18.1. The van der Waals surface area contributed by atoms with Gasteiger partial charge in [0.15, 0.2) is 0 Å². The van der Waals surface area contributed by atoms with E-state index >= 15 is 0 Å². The Bertz CT molecular complexity index is 559. The third kappa shape index (κ3) is 1.68. The van der Waals surface area contributed by atoms with Gasteiger partial charge in [0.2, 0.25) is 0 Å². The predicted molar refractivity (Wildman–Crippen MR) is 53.4 cm³/mol. The van der Waals surface area contributed by atoms with Crippen LogP contribution >= 0.6 is 0 Å². The molecule has 2 aromatic rings. The fourth-order valence-corrected chi connectivity index (χ4v) is 1.12. The third-order valence-corrected chi connectivity index (χ3v) is 1.79. The van der Waals surface area contributed by atoms with Gasteiger partial charge in [-0.05, 0) is 17.6 Å². The van der Waals surface area contributed by atoms with Crippen LogP contribution in [0.15, 0.2) is 42.9 Å². The van der Waals surface area contributed by atoms with Gasteiger partial charge in [-0.3, -0.25) is 0 Å². The van der Waals surface area contributed by atoms with Crippen molar-refractivity contribution in [3.63, 3.8) is 0 Å². The van der Waals surface area contributed by atoms with Crippen molar-refractivity contribution >= 4 is 12.6 Å². The van der Waals surface area contributed by atoms with Gasteiger partial charge in [0, 0.05) is 18.0 Å². The van der Waals surface area contributed by atoms with Gasteiger partial charge in [-0.2, -0.15) is 0 Å². The van der Waals surface area contributed by atoms with E-state index in [9.17, 15) is 0 Å². The number of nitrogens with zero attached hydrogens (tertiary/aromatic N) is 2. The standard InChI is InChI=1S/C9H9BN2O2/c13-10(14)8-2-1-3-9(6-8)12-5-4-11-7-12/h1-7,13-14H/i4D,5D,7D. The van der Waals surface area contributed by atoms with Crippen LogP contribution in [0.4, 0.5) is 0 Å². The summed E-state index contributed by atoms with van der Waals surface area (Å²) in [5.41, 5.74) is 0.651. The lowest BCUT2D eigenvalue weighted by atomic mass is 9.80. The Morgan fingerprint density at radius 2 is 2.29 bits per heavy atom. The molecule has 0 bridgehead atoms. The largest absolute Gasteiger partial charge is 0.488 e. The summed E-state index contributed by atoms with van der Waals surface area (Å²) in [6.45, 7) is 0. The molecule has 0 saturated heterocycles. The fourth-order valence-electron chi connectivity index (χ4n) is 1.12. The zero-order chi connectivity index (χ0) is 12.6. The van der Waals surface area contributed by atoms with Gasteiger partial charge in [0.05, 0.1) is 9.04 Å². The minimum absolute atomic E-state index is 0.209. The molecule has 70 valence electrons. The van der Waals surface area contributed by atoms with E-state index in [1.54, 1.807) is 12.1 Å². The molecule has 0 aliphatic rings. The lowest BCUT2D eigenvalue weighted by molar-refractivity contribution is 0.426. The van der Waals surface area contributed by atoms with Gasteiger partial charge in [-0.25, -0.2) is 4.98 Å². The summed E-state index contributed by atoms with van der Waals surface area (Å²) < 4.78 is 23.6. The fraction of sp³-hybridized carbons (Fsp3) is 0. The van der Waals surface area contributed by atoms with E-state index in [0.29, 0.717) is 5.69 Å². The highest BCUT2D eigenvalue weighted by molar-refractivity contribution is 6.58. The summed E-state index contributed by atoms with van der Waals surface area (Å²) in [4.78, 5) is 3.55. The molecular formula is C9H9BN2O2. The maximum atomic E-state index is 9.04. The monoisotopic (exact) mass is 191 g/mol. The topological polar surface area (TPSA) is 58.3 Å². The van der Waals surface area contributed by atoms with Crippen LogP contribution in [-0.2, 0) is 0 Å². The lowest BCUT2D eigenvalue weighted by Gasteiger charge is -2.04. The minimum atomic E-state index is -1.61. The molecular weight excluding hydrogens is 179 g/mol. The van der Waals surface area contributed by atoms with Crippen LogP contribution in [0.3, 0.4) is 0 Å². The van der Waals surface area contributed by atoms with Crippen molar-refractivity contribution in [2.75, 3.05) is 0 Å². The van der Waals surface area contributed by atoms with Crippen molar-refractivity contribution in [3.8, 4) is 5.69 Å². The molecule has 4 nitrogen and oxygen atoms in total. The average Bonchev–Trinajstić information content (AvgIpc) is 2.53. The van der Waals surface area contributed by atoms with Crippen LogP contribution in [0.5, 0.6) is 0 Å². The van der Waals surface area contributed by atoms with E-state index in [0.717, 1.165) is 4.57 Å². The summed E-state index contributed by atoms with van der Waals surface area (Å²) in [7, 11) is -1.61. The smallest absolute Gasteiger partial charge is 0.423 e. The molecule has 5 heteroatoms. The molecule has 0 aliphatic heterocycles. The molecule has 0 spiro atoms. The molecule has 0 atom stereocenters. The van der Waals surface area contributed by atoms with Gasteiger partial charge < -0.3 is 14.6 Å². The van der Waals surface area contributed by atoms with Crippen LogP contribution in [-0.4, -0.2) is 26.7 Å². The highest BCUT2D eigenvalue weighted by Gasteiger charge is 2.10. The van der Waals surface area contributed by atoms with E-state index in [2.05, 4.69) is 4.98 Å². The van der Waals surface area contributed by atoms with E-state index in [1.807, 2.05) is 0 Å². The predicted octanol–water partition coefficient (Wildman–Crippen LogP) is -0.448. The summed E-state index contributed by atoms with van der Waals surface area (Å²) >= 11 is 0. The first-order chi connectivity index (χ1) is 8.00. The molecule has 0 radical (unpaired) electrons. The maximum absolute atomic E-state index is 9.04. The first-order valence-corrected chi connectivity index (χ1v) is 3.99. The van der Waals surface area contributed by atoms with Crippen LogP contribution in [0.1, 0.15) is 4.11 Å². The van der Waals surface area contributed by atoms with Gasteiger partial charge in [-0.1, -0.05) is 12.1 Å². The van der Waals surface area contributed by atoms with E-state index in [-0.39, 0.29) is 24.1 Å². The van der Waals surface area contributed by atoms with Gasteiger partial charge in [-0.15, -0.1) is 0 Å². The molecule has 1 aromatic carbocycles. The molecule has 1 heterocycles. The van der Waals surface area contributed by atoms with Crippen LogP contribution < -0.4 is 5.46 Å². The molecule has 2 rings (SSSR count). The quantitative estimate of drug-likeness (QED) is 0.632. The Hall–Kier alpha value is -1.59. The Labute approximate surface area is 85.8 Å². The molecule has 0 saturated carbocycles. The van der Waals surface area contributed by atoms with Crippen molar-refractivity contribution in [1.82, 2.24) is 9.55 Å². The summed E-state index contributed by atoms with van der Waals surface area (Å²) in [6.07, 6.45) is -0.728. The number of imidazole rings is 1. The summed E-state index contributed by atoms with van der Waals surface area (Å²) in [6, 6.07) is 6.12. The molecule has 0 unspecified atom stereocenters. The van der Waals surface area contributed by atoms with Gasteiger partial charge >= 0.3 is 7.12 Å². The van der Waals surface area contributed by atoms with Crippen LogP contribution in [0.25, 0.3) is 5.69 Å². The Balaban J connectivity index is 2.56. The molecule has 0 aliphatic carbocycles. The van der Waals surface area contributed by atoms with Crippen molar-refractivity contribution in [2.24, 2.45) is 0 Å². The molecule has 1 aromatic heterocycles. The van der Waals surface area contributed by atoms with Gasteiger partial charge in [0.25, 0.3) is 0 Å². The van der Waals surface area contributed by atoms with Crippen LogP contribution in [0, 0.1) is 0 Å². The van der Waals surface area contributed by atoms with E-state index in [1.165, 1.54) is 12.1 Å². The zero-order valence-electron chi connectivity index (χ0n) is 10.2. The molecule has 0 amide bonds. The zero-order valence-corrected chi connectivity index (χ0v) is 7.18. The highest BCUT2D eigenvalue weighted by atomic mass is 16.4. The number of benzene rings is 1. The number of hydrogen-bond acceptors (Lipinski definition) is 3. The second-order valence-corrected chi connectivity index (χ2v) is 2.74. The molecule has 0 fully saturated rings. The van der Waals surface area contributed by atoms with Crippen molar-refractivity contribution in [3.05, 3.63) is 42.9 Å². The van der Waals surface area contributed by atoms with E-state index in [4.69, 9.17) is 14.2 Å². The van der Waals surface area contributed by atoms with E-state index < -0.39 is 7.12 Å². The van der Waals surface area contributed by atoms with Crippen molar-refractivity contribution < 1.29 is 14.2 Å². The van der Waals surface area contributed by atoms with Gasteiger partial charge in [0.1, 0.15) is 1.37 Å². The normalized spacial score (nSPS) is 13.1. The third-order valence-electron chi connectivity index (χ3n) is 1.79. The van der Waals surface area contributed by atoms with Crippen molar-refractivity contribution in [1.29, 1.82) is 0 Å². The summed E-state index contributed by atoms with van der Waals surface area (Å²) in [5.74, 6) is 0. The second kappa shape index (κ2) is 3.65. The first kappa shape index (κ1) is 6.00. The lowest BCUT2D eigenvalue weighted by Crippen LogP contribution is -2.29.